The molecule has 1 aliphatic heterocycles. The number of carbonyl (C=O) groups excluding carboxylic acids is 2. The lowest BCUT2D eigenvalue weighted by molar-refractivity contribution is -0.119. The van der Waals surface area contributed by atoms with Crippen LogP contribution in [-0.4, -0.2) is 37.8 Å². The minimum Gasteiger partial charge on any atom is -0.325 e. The van der Waals surface area contributed by atoms with E-state index >= 15 is 0 Å². The van der Waals surface area contributed by atoms with Crippen molar-refractivity contribution >= 4 is 33.0 Å². The molecule has 2 aromatic carbocycles. The van der Waals surface area contributed by atoms with Crippen molar-refractivity contribution in [1.82, 2.24) is 0 Å². The Hall–Kier alpha value is -2.67. The fraction of sp³-hybridized carbons (Fsp3) is 0.391. The average Bonchev–Trinajstić information content (AvgIpc) is 3.37. The number of hydrogen-bond donors (Lipinski definition) is 1. The van der Waals surface area contributed by atoms with Crippen molar-refractivity contribution in [2.45, 2.75) is 43.3 Å². The first-order chi connectivity index (χ1) is 14.3. The van der Waals surface area contributed by atoms with Gasteiger partial charge in [0.1, 0.15) is 0 Å². The first kappa shape index (κ1) is 20.6. The summed E-state index contributed by atoms with van der Waals surface area (Å²) < 4.78 is 23.2. The summed E-state index contributed by atoms with van der Waals surface area (Å²) in [5, 5.41) is 2.77. The van der Waals surface area contributed by atoms with Gasteiger partial charge in [-0.05, 0) is 48.6 Å². The van der Waals surface area contributed by atoms with Crippen LogP contribution >= 0.6 is 0 Å². The molecule has 1 fully saturated rings. The number of anilines is 2. The number of para-hydroxylation sites is 1. The average molecular weight is 427 g/mol. The highest BCUT2D eigenvalue weighted by atomic mass is 32.2. The van der Waals surface area contributed by atoms with Crippen molar-refractivity contribution in [2.24, 2.45) is 0 Å². The van der Waals surface area contributed by atoms with Gasteiger partial charge in [-0.1, -0.05) is 43.2 Å². The van der Waals surface area contributed by atoms with Crippen LogP contribution in [0.4, 0.5) is 11.4 Å². The number of fused-ring (bicyclic) bond motifs is 1. The normalized spacial score (nSPS) is 17.6. The van der Waals surface area contributed by atoms with Crippen molar-refractivity contribution in [3.8, 4) is 0 Å². The largest absolute Gasteiger partial charge is 0.325 e. The minimum absolute atomic E-state index is 0.0405. The highest BCUT2D eigenvalue weighted by molar-refractivity contribution is 7.92. The Labute approximate surface area is 177 Å². The topological polar surface area (TPSA) is 83.5 Å². The van der Waals surface area contributed by atoms with E-state index in [2.05, 4.69) is 5.32 Å². The molecular formula is C23H26N2O4S. The molecule has 6 nitrogen and oxygen atoms in total. The minimum atomic E-state index is -3.50. The van der Waals surface area contributed by atoms with Crippen LogP contribution in [0.3, 0.4) is 0 Å². The third kappa shape index (κ3) is 3.74. The van der Waals surface area contributed by atoms with E-state index in [0.717, 1.165) is 36.8 Å². The van der Waals surface area contributed by atoms with Gasteiger partial charge in [-0.25, -0.2) is 8.42 Å². The first-order valence-electron chi connectivity index (χ1n) is 10.3. The molecule has 0 radical (unpaired) electrons. The monoisotopic (exact) mass is 426 g/mol. The fourth-order valence-corrected chi connectivity index (χ4v) is 5.95. The van der Waals surface area contributed by atoms with Crippen LogP contribution in [0.1, 0.15) is 36.8 Å². The fourth-order valence-electron chi connectivity index (χ4n) is 4.53. The zero-order valence-electron chi connectivity index (χ0n) is 17.1. The summed E-state index contributed by atoms with van der Waals surface area (Å²) >= 11 is 0. The smallest absolute Gasteiger partial charge is 0.245 e. The van der Waals surface area contributed by atoms with Gasteiger partial charge in [0, 0.05) is 24.2 Å². The van der Waals surface area contributed by atoms with E-state index in [1.165, 1.54) is 5.56 Å². The van der Waals surface area contributed by atoms with E-state index in [1.54, 1.807) is 24.3 Å². The molecule has 4 rings (SSSR count). The molecule has 1 heterocycles. The van der Waals surface area contributed by atoms with E-state index in [9.17, 15) is 18.0 Å². The summed E-state index contributed by atoms with van der Waals surface area (Å²) in [4.78, 5) is 27.4. The molecule has 0 aromatic heterocycles. The maximum absolute atomic E-state index is 12.8. The van der Waals surface area contributed by atoms with Gasteiger partial charge in [-0.2, -0.15) is 0 Å². The van der Waals surface area contributed by atoms with Gasteiger partial charge < -0.3 is 10.2 Å². The zero-order valence-corrected chi connectivity index (χ0v) is 17.9. The number of rotatable bonds is 5. The lowest BCUT2D eigenvalue weighted by Gasteiger charge is -2.25. The van der Waals surface area contributed by atoms with E-state index in [4.69, 9.17) is 0 Å². The van der Waals surface area contributed by atoms with Crippen LogP contribution in [0.5, 0.6) is 0 Å². The van der Waals surface area contributed by atoms with Gasteiger partial charge in [-0.3, -0.25) is 9.59 Å². The van der Waals surface area contributed by atoms with Crippen LogP contribution in [0, 0.1) is 0 Å². The highest BCUT2D eigenvalue weighted by Crippen LogP contribution is 2.37. The molecule has 0 unspecified atom stereocenters. The van der Waals surface area contributed by atoms with Crippen molar-refractivity contribution in [2.75, 3.05) is 23.0 Å². The van der Waals surface area contributed by atoms with E-state index < -0.39 is 20.5 Å². The standard InChI is InChI=1S/C23H26N2O4S/c1-30(28,29)23(13-4-5-14-23)22(27)24-19-10-8-17(9-11-19)16-21(26)25-15-12-18-6-2-3-7-20(18)25/h2-3,6-11H,4-5,12-16H2,1H3,(H,24,27). The van der Waals surface area contributed by atoms with Gasteiger partial charge >= 0.3 is 0 Å². The lowest BCUT2D eigenvalue weighted by Crippen LogP contribution is -2.47. The van der Waals surface area contributed by atoms with Crippen LogP contribution in [0.2, 0.25) is 0 Å². The van der Waals surface area contributed by atoms with Crippen LogP contribution in [-0.2, 0) is 32.3 Å². The number of carbonyl (C=O) groups is 2. The van der Waals surface area contributed by atoms with E-state index in [0.29, 0.717) is 25.1 Å². The Bertz CT molecular complexity index is 1070. The molecule has 2 aliphatic rings. The van der Waals surface area contributed by atoms with Crippen LogP contribution in [0.25, 0.3) is 0 Å². The molecule has 1 aliphatic carbocycles. The van der Waals surface area contributed by atoms with Crippen molar-refractivity contribution in [1.29, 1.82) is 0 Å². The number of nitrogens with zero attached hydrogens (tertiary/aromatic N) is 1. The number of hydrogen-bond acceptors (Lipinski definition) is 4. The molecule has 1 N–H and O–H groups in total. The van der Waals surface area contributed by atoms with Crippen molar-refractivity contribution < 1.29 is 18.0 Å². The van der Waals surface area contributed by atoms with Crippen molar-refractivity contribution in [3.63, 3.8) is 0 Å². The van der Waals surface area contributed by atoms with Crippen LogP contribution in [0.15, 0.2) is 48.5 Å². The number of amides is 2. The lowest BCUT2D eigenvalue weighted by atomic mass is 10.1. The van der Waals surface area contributed by atoms with Gasteiger partial charge in [0.25, 0.3) is 0 Å². The number of nitrogens with one attached hydrogen (secondary N) is 1. The van der Waals surface area contributed by atoms with Gasteiger partial charge in [0.2, 0.25) is 11.8 Å². The summed E-state index contributed by atoms with van der Waals surface area (Å²) in [7, 11) is -3.50. The highest BCUT2D eigenvalue weighted by Gasteiger charge is 2.49. The summed E-state index contributed by atoms with van der Waals surface area (Å²) in [6.45, 7) is 0.694. The molecule has 7 heteroatoms. The Morgan fingerprint density at radius 2 is 1.70 bits per heavy atom. The van der Waals surface area contributed by atoms with Crippen LogP contribution < -0.4 is 10.2 Å². The molecule has 0 spiro atoms. The molecule has 0 bridgehead atoms. The second-order valence-corrected chi connectivity index (χ2v) is 10.6. The van der Waals surface area contributed by atoms with Crippen molar-refractivity contribution in [3.05, 3.63) is 59.7 Å². The summed E-state index contributed by atoms with van der Waals surface area (Å²) in [6.07, 6.45) is 4.49. The Morgan fingerprint density at radius 3 is 2.37 bits per heavy atom. The molecule has 2 amide bonds. The van der Waals surface area contributed by atoms with Gasteiger partial charge in [0.15, 0.2) is 14.6 Å². The third-order valence-corrected chi connectivity index (χ3v) is 8.30. The molecule has 30 heavy (non-hydrogen) atoms. The maximum Gasteiger partial charge on any atom is 0.245 e. The quantitative estimate of drug-likeness (QED) is 0.796. The molecule has 1 saturated carbocycles. The summed E-state index contributed by atoms with van der Waals surface area (Å²) in [5.74, 6) is -0.418. The SMILES string of the molecule is CS(=O)(=O)C1(C(=O)Nc2ccc(CC(=O)N3CCc4ccccc43)cc2)CCCC1. The van der Waals surface area contributed by atoms with Gasteiger partial charge in [0.05, 0.1) is 6.42 Å². The second-order valence-electron chi connectivity index (χ2n) is 8.23. The molecule has 0 atom stereocenters. The zero-order chi connectivity index (χ0) is 21.4. The summed E-state index contributed by atoms with van der Waals surface area (Å²) in [6, 6.07) is 15.0. The number of sulfone groups is 1. The molecular weight excluding hydrogens is 400 g/mol. The first-order valence-corrected chi connectivity index (χ1v) is 12.2. The predicted octanol–water partition coefficient (Wildman–Crippen LogP) is 3.11. The maximum atomic E-state index is 12.8. The number of benzene rings is 2. The third-order valence-electron chi connectivity index (χ3n) is 6.29. The van der Waals surface area contributed by atoms with E-state index in [-0.39, 0.29) is 12.3 Å². The molecule has 2 aromatic rings. The Balaban J connectivity index is 1.42. The molecule has 158 valence electrons. The summed E-state index contributed by atoms with van der Waals surface area (Å²) in [5.41, 5.74) is 3.56. The molecule has 0 saturated heterocycles. The predicted molar refractivity (Wildman–Crippen MR) is 117 cm³/mol. The Morgan fingerprint density at radius 1 is 1.03 bits per heavy atom. The Kier molecular flexibility index (Phi) is 5.40. The van der Waals surface area contributed by atoms with Gasteiger partial charge in [-0.15, -0.1) is 0 Å². The second kappa shape index (κ2) is 7.87. The van der Waals surface area contributed by atoms with E-state index in [1.807, 2.05) is 29.2 Å².